The van der Waals surface area contributed by atoms with Crippen molar-refractivity contribution < 1.29 is 4.42 Å². The highest BCUT2D eigenvalue weighted by molar-refractivity contribution is 8.33. The monoisotopic (exact) mass is 729 g/mol. The lowest BCUT2D eigenvalue weighted by Crippen LogP contribution is -2.49. The summed E-state index contributed by atoms with van der Waals surface area (Å²) >= 11 is 0. The molecule has 0 N–H and O–H groups in total. The summed E-state index contributed by atoms with van der Waals surface area (Å²) in [4.78, 5) is 5.42. The van der Waals surface area contributed by atoms with Gasteiger partial charge in [-0.25, -0.2) is 0 Å². The molecule has 2 aliphatic rings. The van der Waals surface area contributed by atoms with Gasteiger partial charge in [0.25, 0.3) is 0 Å². The second-order valence-corrected chi connectivity index (χ2v) is 23.6. The van der Waals surface area contributed by atoms with E-state index in [0.717, 1.165) is 16.9 Å². The molecule has 3 heterocycles. The fourth-order valence-corrected chi connectivity index (χ4v) is 15.0. The molecule has 9 aromatic rings. The second kappa shape index (κ2) is 11.3. The zero-order valence-corrected chi connectivity index (χ0v) is 32.7. The van der Waals surface area contributed by atoms with Crippen LogP contribution in [-0.4, -0.2) is 20.6 Å². The number of nitrogens with zero attached hydrogens (tertiary/aromatic N) is 1. The van der Waals surface area contributed by atoms with E-state index in [1.54, 1.807) is 0 Å². The molecule has 2 nitrogen and oxygen atoms in total. The number of hydrogen-bond acceptors (Lipinski definition) is 2. The second-order valence-electron chi connectivity index (χ2n) is 15.7. The van der Waals surface area contributed by atoms with Crippen molar-refractivity contribution in [3.8, 4) is 33.4 Å². The number of fused-ring (bicyclic) bond motifs is 11. The molecule has 1 aromatic heterocycles. The highest BCUT2D eigenvalue weighted by Gasteiger charge is 2.40. The van der Waals surface area contributed by atoms with Crippen LogP contribution in [0.3, 0.4) is 0 Å². The molecule has 260 valence electrons. The van der Waals surface area contributed by atoms with Crippen LogP contribution < -0.4 is 15.3 Å². The van der Waals surface area contributed by atoms with Gasteiger partial charge in [0, 0.05) is 43.2 Å². The Morgan fingerprint density at radius 2 is 1.15 bits per heavy atom. The van der Waals surface area contributed by atoms with Gasteiger partial charge in [-0.1, -0.05) is 128 Å². The van der Waals surface area contributed by atoms with Crippen LogP contribution >= 0.6 is 10.0 Å². The first-order valence-corrected chi connectivity index (χ1v) is 24.2. The molecular formula is C50H39NOSSi. The minimum Gasteiger partial charge on any atom is -0.455 e. The topological polar surface area (TPSA) is 16.4 Å². The number of hydrogen-bond donors (Lipinski definition) is 0. The molecule has 0 fully saturated rings. The summed E-state index contributed by atoms with van der Waals surface area (Å²) in [5.41, 5.74) is 13.3. The first kappa shape index (κ1) is 31.7. The fourth-order valence-electron chi connectivity index (χ4n) is 9.41. The van der Waals surface area contributed by atoms with Gasteiger partial charge in [-0.3, -0.25) is 0 Å². The Morgan fingerprint density at radius 3 is 2.04 bits per heavy atom. The van der Waals surface area contributed by atoms with Crippen LogP contribution in [0.25, 0.3) is 66.1 Å². The van der Waals surface area contributed by atoms with Crippen LogP contribution in [-0.2, 0) is 0 Å². The summed E-state index contributed by atoms with van der Waals surface area (Å²) in [6.07, 6.45) is 4.90. The van der Waals surface area contributed by atoms with Gasteiger partial charge in [0.05, 0.1) is 0 Å². The fraction of sp³-hybridized carbons (Fsp3) is 0.0800. The van der Waals surface area contributed by atoms with Crippen molar-refractivity contribution in [1.82, 2.24) is 0 Å². The summed E-state index contributed by atoms with van der Waals surface area (Å²) in [5, 5.41) is 7.81. The lowest BCUT2D eigenvalue weighted by Gasteiger charge is -2.31. The van der Waals surface area contributed by atoms with Crippen molar-refractivity contribution in [2.24, 2.45) is 0 Å². The zero-order valence-electron chi connectivity index (χ0n) is 30.9. The molecule has 54 heavy (non-hydrogen) atoms. The van der Waals surface area contributed by atoms with Gasteiger partial charge in [0.15, 0.2) is 0 Å². The van der Waals surface area contributed by atoms with Crippen LogP contribution in [0, 0.1) is 0 Å². The molecule has 0 bridgehead atoms. The number of rotatable bonds is 4. The minimum atomic E-state index is -2.09. The summed E-state index contributed by atoms with van der Waals surface area (Å²) in [7, 11) is -3.27. The van der Waals surface area contributed by atoms with Crippen LogP contribution in [0.5, 0.6) is 0 Å². The summed E-state index contributed by atoms with van der Waals surface area (Å²) in [6, 6.07) is 61.0. The molecule has 0 aliphatic carbocycles. The minimum absolute atomic E-state index is 0.950. The van der Waals surface area contributed by atoms with Gasteiger partial charge in [-0.2, -0.15) is 10.0 Å². The van der Waals surface area contributed by atoms with Crippen molar-refractivity contribution in [2.45, 2.75) is 22.9 Å². The van der Waals surface area contributed by atoms with Gasteiger partial charge in [0.2, 0.25) is 0 Å². The lowest BCUT2D eigenvalue weighted by atomic mass is 9.97. The predicted octanol–water partition coefficient (Wildman–Crippen LogP) is 13.1. The maximum Gasteiger partial charge on any atom is 0.143 e. The van der Waals surface area contributed by atoms with Gasteiger partial charge in [-0.05, 0) is 110 Å². The maximum atomic E-state index is 6.65. The van der Waals surface area contributed by atoms with Crippen molar-refractivity contribution in [3.05, 3.63) is 164 Å². The quantitative estimate of drug-likeness (QED) is 0.168. The van der Waals surface area contributed by atoms with Gasteiger partial charge < -0.3 is 9.32 Å². The highest BCUT2D eigenvalue weighted by atomic mass is 32.3. The Kier molecular flexibility index (Phi) is 6.66. The predicted molar refractivity (Wildman–Crippen MR) is 235 cm³/mol. The summed E-state index contributed by atoms with van der Waals surface area (Å²) < 4.78 is 6.65. The van der Waals surface area contributed by atoms with E-state index in [9.17, 15) is 0 Å². The molecule has 0 atom stereocenters. The van der Waals surface area contributed by atoms with E-state index in [1.807, 2.05) is 0 Å². The Bertz CT molecular complexity index is 3020. The van der Waals surface area contributed by atoms with E-state index in [2.05, 4.69) is 194 Å². The molecule has 0 unspecified atom stereocenters. The zero-order chi connectivity index (χ0) is 36.3. The average Bonchev–Trinajstić information content (AvgIpc) is 3.77. The Balaban J connectivity index is 1.12. The van der Waals surface area contributed by atoms with E-state index in [-0.39, 0.29) is 0 Å². The molecule has 0 radical (unpaired) electrons. The third-order valence-corrected chi connectivity index (χ3v) is 18.5. The maximum absolute atomic E-state index is 6.65. The first-order chi connectivity index (χ1) is 26.3. The molecule has 11 rings (SSSR count). The van der Waals surface area contributed by atoms with Crippen LogP contribution in [0.4, 0.5) is 17.1 Å². The molecular weight excluding hydrogens is 691 g/mol. The first-order valence-electron chi connectivity index (χ1n) is 18.7. The standard InChI is InChI=1S/C50H39NOSSi/c1-53(2)45-22-10-8-19-40(45)41-25-23-35(30-46(41)53)51(34-16-11-15-33(29-34)38-20-12-14-32-13-5-6-17-37(32)38)36-24-26-43-48(31-36)54(3,4)47-28-27-42-39-18-7-9-21-44(39)52-50(42)49(43)47/h5-31H,1-4H3. The number of benzene rings is 8. The van der Waals surface area contributed by atoms with Crippen molar-refractivity contribution in [2.75, 3.05) is 17.4 Å². The molecule has 0 amide bonds. The number of anilines is 3. The Labute approximate surface area is 318 Å². The van der Waals surface area contributed by atoms with E-state index in [4.69, 9.17) is 4.42 Å². The van der Waals surface area contributed by atoms with Crippen LogP contribution in [0.1, 0.15) is 0 Å². The molecule has 0 saturated carbocycles. The molecule has 8 aromatic carbocycles. The van der Waals surface area contributed by atoms with Gasteiger partial charge in [0.1, 0.15) is 19.2 Å². The van der Waals surface area contributed by atoms with Crippen LogP contribution in [0.2, 0.25) is 13.1 Å². The highest BCUT2D eigenvalue weighted by Crippen LogP contribution is 2.67. The Morgan fingerprint density at radius 1 is 0.481 bits per heavy atom. The molecule has 0 saturated heterocycles. The molecule has 4 heteroatoms. The van der Waals surface area contributed by atoms with Crippen molar-refractivity contribution >= 4 is 78.2 Å². The lowest BCUT2D eigenvalue weighted by molar-refractivity contribution is 0.670. The Hall–Kier alpha value is -5.81. The van der Waals surface area contributed by atoms with Crippen LogP contribution in [0.15, 0.2) is 178 Å². The number of para-hydroxylation sites is 1. The smallest absolute Gasteiger partial charge is 0.143 e. The van der Waals surface area contributed by atoms with E-state index in [1.165, 1.54) is 86.5 Å². The van der Waals surface area contributed by atoms with Gasteiger partial charge >= 0.3 is 0 Å². The molecule has 2 aliphatic heterocycles. The van der Waals surface area contributed by atoms with Crippen molar-refractivity contribution in [1.29, 1.82) is 0 Å². The van der Waals surface area contributed by atoms with E-state index < -0.39 is 18.1 Å². The third-order valence-electron chi connectivity index (χ3n) is 12.1. The number of furan rings is 1. The average molecular weight is 730 g/mol. The third kappa shape index (κ3) is 4.41. The normalized spacial score (nSPS) is 15.2. The SMILES string of the molecule is C[Si]1(C)c2cc(N(c3cccc(-c4cccc5ccccc45)c3)c3ccc4c(c3)S(C)(C)c3ccccc3-4)ccc2-c2c1ccc1c2oc2ccccc21. The van der Waals surface area contributed by atoms with Gasteiger partial charge in [-0.15, -0.1) is 0 Å². The summed E-state index contributed by atoms with van der Waals surface area (Å²) in [6.45, 7) is 5.00. The van der Waals surface area contributed by atoms with Crippen molar-refractivity contribution in [3.63, 3.8) is 0 Å². The largest absolute Gasteiger partial charge is 0.455 e. The summed E-state index contributed by atoms with van der Waals surface area (Å²) in [5.74, 6) is 0. The van der Waals surface area contributed by atoms with E-state index >= 15 is 0 Å². The molecule has 0 spiro atoms. The van der Waals surface area contributed by atoms with E-state index in [0.29, 0.717) is 0 Å².